The van der Waals surface area contributed by atoms with Crippen LogP contribution in [-0.2, 0) is 26.2 Å². The molecule has 0 aliphatic rings. The number of sulfonamides is 1. The summed E-state index contributed by atoms with van der Waals surface area (Å²) in [4.78, 5) is 27.9. The van der Waals surface area contributed by atoms with Crippen LogP contribution < -0.4 is 9.62 Å². The number of benzene rings is 2. The van der Waals surface area contributed by atoms with Gasteiger partial charge in [0.25, 0.3) is 0 Å². The Kier molecular flexibility index (Phi) is 11.5. The number of aryl methyl sites for hydroxylation is 1. The van der Waals surface area contributed by atoms with Gasteiger partial charge in [0, 0.05) is 36.1 Å². The molecule has 0 aliphatic carbocycles. The summed E-state index contributed by atoms with van der Waals surface area (Å²) >= 11 is 12.1. The van der Waals surface area contributed by atoms with Gasteiger partial charge in [0.15, 0.2) is 0 Å². The van der Waals surface area contributed by atoms with Gasteiger partial charge in [0.1, 0.15) is 6.04 Å². The summed E-state index contributed by atoms with van der Waals surface area (Å²) in [5, 5.41) is 3.90. The SMILES string of the molecule is CCCNC(=O)C(CC)N(Cc1ccc(Cl)cc1)C(=O)CCCN(c1cc(Cl)ccc1C)S(C)(=O)=O. The van der Waals surface area contributed by atoms with Crippen molar-refractivity contribution >= 4 is 50.7 Å². The Labute approximate surface area is 224 Å². The van der Waals surface area contributed by atoms with Crippen molar-refractivity contribution in [3.63, 3.8) is 0 Å². The summed E-state index contributed by atoms with van der Waals surface area (Å²) in [7, 11) is -3.60. The van der Waals surface area contributed by atoms with Crippen molar-refractivity contribution < 1.29 is 18.0 Å². The summed E-state index contributed by atoms with van der Waals surface area (Å²) in [6, 6.07) is 11.6. The molecule has 1 N–H and O–H groups in total. The van der Waals surface area contributed by atoms with Gasteiger partial charge in [-0.3, -0.25) is 13.9 Å². The predicted molar refractivity (Wildman–Crippen MR) is 147 cm³/mol. The number of rotatable bonds is 13. The van der Waals surface area contributed by atoms with Crippen LogP contribution >= 0.6 is 23.2 Å². The van der Waals surface area contributed by atoms with Crippen LogP contribution in [0.1, 0.15) is 50.7 Å². The highest BCUT2D eigenvalue weighted by atomic mass is 35.5. The third-order valence-electron chi connectivity index (χ3n) is 5.79. The molecule has 0 aliphatic heterocycles. The van der Waals surface area contributed by atoms with Crippen molar-refractivity contribution in [1.82, 2.24) is 10.2 Å². The molecule has 1 unspecified atom stereocenters. The van der Waals surface area contributed by atoms with E-state index < -0.39 is 16.1 Å². The number of halogens is 2. The van der Waals surface area contributed by atoms with E-state index in [-0.39, 0.29) is 37.7 Å². The van der Waals surface area contributed by atoms with E-state index >= 15 is 0 Å². The Bertz CT molecular complexity index is 1140. The van der Waals surface area contributed by atoms with E-state index in [0.717, 1.165) is 23.8 Å². The van der Waals surface area contributed by atoms with Gasteiger partial charge in [-0.15, -0.1) is 0 Å². The lowest BCUT2D eigenvalue weighted by molar-refractivity contribution is -0.141. The zero-order valence-electron chi connectivity index (χ0n) is 21.3. The van der Waals surface area contributed by atoms with Gasteiger partial charge in [0.05, 0.1) is 11.9 Å². The molecule has 2 rings (SSSR count). The zero-order chi connectivity index (χ0) is 26.9. The first kappa shape index (κ1) is 29.9. The molecule has 0 heterocycles. The van der Waals surface area contributed by atoms with E-state index in [4.69, 9.17) is 23.2 Å². The number of carbonyl (C=O) groups excluding carboxylic acids is 2. The summed E-state index contributed by atoms with van der Waals surface area (Å²) < 4.78 is 26.4. The molecular weight excluding hydrogens is 521 g/mol. The number of nitrogens with one attached hydrogen (secondary N) is 1. The highest BCUT2D eigenvalue weighted by Crippen LogP contribution is 2.27. The molecule has 10 heteroatoms. The van der Waals surface area contributed by atoms with E-state index in [1.807, 2.05) is 32.9 Å². The van der Waals surface area contributed by atoms with Crippen LogP contribution in [0.4, 0.5) is 5.69 Å². The third kappa shape index (κ3) is 8.68. The molecule has 2 aromatic rings. The molecule has 2 aromatic carbocycles. The number of nitrogens with zero attached hydrogens (tertiary/aromatic N) is 2. The van der Waals surface area contributed by atoms with Crippen LogP contribution in [0.25, 0.3) is 0 Å². The molecular formula is C26H35Cl2N3O4S. The minimum atomic E-state index is -3.60. The van der Waals surface area contributed by atoms with Crippen molar-refractivity contribution in [2.24, 2.45) is 0 Å². The molecule has 0 saturated carbocycles. The monoisotopic (exact) mass is 555 g/mol. The van der Waals surface area contributed by atoms with E-state index in [9.17, 15) is 18.0 Å². The van der Waals surface area contributed by atoms with Crippen LogP contribution in [0.5, 0.6) is 0 Å². The molecule has 0 fully saturated rings. The highest BCUT2D eigenvalue weighted by Gasteiger charge is 2.29. The lowest BCUT2D eigenvalue weighted by Gasteiger charge is -2.31. The lowest BCUT2D eigenvalue weighted by atomic mass is 10.1. The van der Waals surface area contributed by atoms with Crippen molar-refractivity contribution in [2.45, 2.75) is 59.0 Å². The second-order valence-electron chi connectivity index (χ2n) is 8.73. The summed E-state index contributed by atoms with van der Waals surface area (Å²) in [5.41, 5.74) is 2.10. The Morgan fingerprint density at radius 3 is 2.25 bits per heavy atom. The molecule has 198 valence electrons. The summed E-state index contributed by atoms with van der Waals surface area (Å²) in [6.07, 6.45) is 2.73. The molecule has 0 spiro atoms. The van der Waals surface area contributed by atoms with Crippen LogP contribution in [0.2, 0.25) is 10.0 Å². The number of anilines is 1. The maximum atomic E-state index is 13.4. The predicted octanol–water partition coefficient (Wildman–Crippen LogP) is 5.18. The third-order valence-corrected chi connectivity index (χ3v) is 7.46. The maximum Gasteiger partial charge on any atom is 0.242 e. The van der Waals surface area contributed by atoms with Crippen molar-refractivity contribution in [3.8, 4) is 0 Å². The number of hydrogen-bond donors (Lipinski definition) is 1. The van der Waals surface area contributed by atoms with E-state index in [2.05, 4.69) is 5.32 Å². The largest absolute Gasteiger partial charge is 0.354 e. The molecule has 1 atom stereocenters. The van der Waals surface area contributed by atoms with Gasteiger partial charge in [-0.25, -0.2) is 8.42 Å². The van der Waals surface area contributed by atoms with E-state index in [1.54, 1.807) is 35.2 Å². The average molecular weight is 557 g/mol. The summed E-state index contributed by atoms with van der Waals surface area (Å²) in [5.74, 6) is -0.423. The zero-order valence-corrected chi connectivity index (χ0v) is 23.6. The number of carbonyl (C=O) groups is 2. The highest BCUT2D eigenvalue weighted by molar-refractivity contribution is 7.92. The lowest BCUT2D eigenvalue weighted by Crippen LogP contribution is -2.49. The maximum absolute atomic E-state index is 13.4. The van der Waals surface area contributed by atoms with Crippen LogP contribution in [0.15, 0.2) is 42.5 Å². The van der Waals surface area contributed by atoms with E-state index in [1.165, 1.54) is 4.31 Å². The molecule has 0 bridgehead atoms. The quantitative estimate of drug-likeness (QED) is 0.368. The molecule has 2 amide bonds. The topological polar surface area (TPSA) is 86.8 Å². The Morgan fingerprint density at radius 2 is 1.67 bits per heavy atom. The van der Waals surface area contributed by atoms with Gasteiger partial charge in [-0.05, 0) is 61.6 Å². The fourth-order valence-corrected chi connectivity index (χ4v) is 5.21. The molecule has 0 aromatic heterocycles. The van der Waals surface area contributed by atoms with Crippen LogP contribution in [-0.4, -0.2) is 50.5 Å². The molecule has 0 saturated heterocycles. The van der Waals surface area contributed by atoms with Gasteiger partial charge in [0.2, 0.25) is 21.8 Å². The second-order valence-corrected chi connectivity index (χ2v) is 11.5. The van der Waals surface area contributed by atoms with Crippen molar-refractivity contribution in [2.75, 3.05) is 23.7 Å². The van der Waals surface area contributed by atoms with Crippen LogP contribution in [0, 0.1) is 6.92 Å². The Morgan fingerprint density at radius 1 is 1.03 bits per heavy atom. The van der Waals surface area contributed by atoms with Crippen LogP contribution in [0.3, 0.4) is 0 Å². The normalized spacial score (nSPS) is 12.2. The first-order chi connectivity index (χ1) is 17.0. The number of amides is 2. The van der Waals surface area contributed by atoms with Gasteiger partial charge >= 0.3 is 0 Å². The molecule has 0 radical (unpaired) electrons. The molecule has 36 heavy (non-hydrogen) atoms. The van der Waals surface area contributed by atoms with Crippen molar-refractivity contribution in [3.05, 3.63) is 63.6 Å². The van der Waals surface area contributed by atoms with Gasteiger partial charge in [-0.1, -0.05) is 55.2 Å². The smallest absolute Gasteiger partial charge is 0.242 e. The van der Waals surface area contributed by atoms with Crippen molar-refractivity contribution in [1.29, 1.82) is 0 Å². The standard InChI is InChI=1S/C26H35Cl2N3O4S/c1-5-15-29-26(33)23(6-2)30(18-20-10-13-21(27)14-11-20)25(32)8-7-16-31(36(4,34)35)24-17-22(28)12-9-19(24)3/h9-14,17,23H,5-8,15-16,18H2,1-4H3,(H,29,33). The second kappa shape index (κ2) is 13.9. The minimum Gasteiger partial charge on any atom is -0.354 e. The van der Waals surface area contributed by atoms with E-state index in [0.29, 0.717) is 28.7 Å². The number of hydrogen-bond acceptors (Lipinski definition) is 4. The Hall–Kier alpha value is -2.29. The van der Waals surface area contributed by atoms with Gasteiger partial charge < -0.3 is 10.2 Å². The first-order valence-electron chi connectivity index (χ1n) is 12.0. The fraction of sp³-hybridized carbons (Fsp3) is 0.462. The fourth-order valence-electron chi connectivity index (χ4n) is 3.91. The first-order valence-corrected chi connectivity index (χ1v) is 14.6. The minimum absolute atomic E-state index is 0.0801. The Balaban J connectivity index is 2.23. The summed E-state index contributed by atoms with van der Waals surface area (Å²) in [6.45, 7) is 6.53. The molecule has 7 nitrogen and oxygen atoms in total. The average Bonchev–Trinajstić information content (AvgIpc) is 2.82. The van der Waals surface area contributed by atoms with Gasteiger partial charge in [-0.2, -0.15) is 0 Å².